The lowest BCUT2D eigenvalue weighted by atomic mass is 9.62. The largest absolute Gasteiger partial charge is 0.466 e. The molecule has 1 N–H and O–H groups in total. The van der Waals surface area contributed by atoms with Gasteiger partial charge in [0, 0.05) is 18.3 Å². The third-order valence-electron chi connectivity index (χ3n) is 8.24. The second-order valence-electron chi connectivity index (χ2n) is 9.25. The molecule has 5 nitrogen and oxygen atoms in total. The van der Waals surface area contributed by atoms with E-state index >= 15 is 0 Å². The average Bonchev–Trinajstić information content (AvgIpc) is 2.96. The van der Waals surface area contributed by atoms with E-state index < -0.39 is 27.9 Å². The predicted octanol–water partition coefficient (Wildman–Crippen LogP) is 2.53. The van der Waals surface area contributed by atoms with Crippen molar-refractivity contribution in [2.24, 2.45) is 28.6 Å². The van der Waals surface area contributed by atoms with Gasteiger partial charge in [-0.15, -0.1) is 0 Å². The van der Waals surface area contributed by atoms with Gasteiger partial charge in [0.25, 0.3) is 0 Å². The molecule has 0 aromatic heterocycles. The predicted molar refractivity (Wildman–Crippen MR) is 92.8 cm³/mol. The third kappa shape index (κ3) is 1.54. The van der Waals surface area contributed by atoms with Crippen LogP contribution in [0.5, 0.6) is 0 Å². The van der Waals surface area contributed by atoms with E-state index in [-0.39, 0.29) is 23.8 Å². The van der Waals surface area contributed by atoms with E-state index in [4.69, 9.17) is 9.47 Å². The SMILES string of the molecule is C=C1C[C@]23C[C@@]1(O)CC[C@@H]2[C@@]12CC=C[C@@](C)(C(=O)O1)[C@H]2[C@@H]3C(=O)OCC. The van der Waals surface area contributed by atoms with E-state index in [2.05, 4.69) is 6.58 Å². The zero-order chi connectivity index (χ0) is 18.5. The Kier molecular flexibility index (Phi) is 2.94. The van der Waals surface area contributed by atoms with Gasteiger partial charge >= 0.3 is 11.9 Å². The minimum Gasteiger partial charge on any atom is -0.466 e. The summed E-state index contributed by atoms with van der Waals surface area (Å²) in [5, 5.41) is 11.1. The van der Waals surface area contributed by atoms with E-state index in [0.717, 1.165) is 12.0 Å². The first-order chi connectivity index (χ1) is 12.2. The number of ether oxygens (including phenoxy) is 2. The van der Waals surface area contributed by atoms with Crippen molar-refractivity contribution in [3.63, 3.8) is 0 Å². The van der Waals surface area contributed by atoms with E-state index in [0.29, 0.717) is 32.3 Å². The highest BCUT2D eigenvalue weighted by atomic mass is 16.6. The van der Waals surface area contributed by atoms with Gasteiger partial charge < -0.3 is 14.6 Å². The summed E-state index contributed by atoms with van der Waals surface area (Å²) in [5.74, 6) is -1.09. The van der Waals surface area contributed by atoms with Crippen LogP contribution in [0, 0.1) is 28.6 Å². The smallest absolute Gasteiger partial charge is 0.316 e. The summed E-state index contributed by atoms with van der Waals surface area (Å²) in [7, 11) is 0. The molecule has 26 heavy (non-hydrogen) atoms. The monoisotopic (exact) mass is 358 g/mol. The maximum atomic E-state index is 13.2. The maximum absolute atomic E-state index is 13.2. The third-order valence-corrected chi connectivity index (χ3v) is 8.24. The lowest BCUT2D eigenvalue weighted by molar-refractivity contribution is -0.163. The van der Waals surface area contributed by atoms with Crippen molar-refractivity contribution in [2.75, 3.05) is 6.61 Å². The van der Waals surface area contributed by atoms with Crippen LogP contribution in [-0.4, -0.2) is 34.9 Å². The van der Waals surface area contributed by atoms with Gasteiger partial charge in [0.05, 0.1) is 23.5 Å². The summed E-state index contributed by atoms with van der Waals surface area (Å²) in [5.41, 5.74) is -1.95. The van der Waals surface area contributed by atoms with Crippen LogP contribution in [0.25, 0.3) is 0 Å². The molecule has 1 heterocycles. The van der Waals surface area contributed by atoms with Gasteiger partial charge in [-0.25, -0.2) is 0 Å². The van der Waals surface area contributed by atoms with E-state index in [1.165, 1.54) is 0 Å². The summed E-state index contributed by atoms with van der Waals surface area (Å²) in [6, 6.07) is 0. The summed E-state index contributed by atoms with van der Waals surface area (Å²) in [6.07, 6.45) is 7.14. The Balaban J connectivity index is 1.73. The van der Waals surface area contributed by atoms with Gasteiger partial charge in [-0.1, -0.05) is 18.7 Å². The zero-order valence-electron chi connectivity index (χ0n) is 15.4. The highest BCUT2D eigenvalue weighted by molar-refractivity contribution is 5.87. The Morgan fingerprint density at radius 1 is 1.50 bits per heavy atom. The van der Waals surface area contributed by atoms with Crippen molar-refractivity contribution in [3.8, 4) is 0 Å². The maximum Gasteiger partial charge on any atom is 0.316 e. The van der Waals surface area contributed by atoms with Crippen LogP contribution in [0.1, 0.15) is 46.0 Å². The van der Waals surface area contributed by atoms with Crippen LogP contribution in [0.3, 0.4) is 0 Å². The van der Waals surface area contributed by atoms with E-state index in [9.17, 15) is 14.7 Å². The second-order valence-corrected chi connectivity index (χ2v) is 9.25. The second kappa shape index (κ2) is 4.61. The van der Waals surface area contributed by atoms with Gasteiger partial charge in [-0.2, -0.15) is 0 Å². The molecule has 4 bridgehead atoms. The zero-order valence-corrected chi connectivity index (χ0v) is 15.4. The van der Waals surface area contributed by atoms with Gasteiger partial charge in [0.1, 0.15) is 5.60 Å². The lowest BCUT2D eigenvalue weighted by Gasteiger charge is -2.45. The molecule has 4 fully saturated rings. The van der Waals surface area contributed by atoms with Crippen molar-refractivity contribution in [3.05, 3.63) is 24.3 Å². The Morgan fingerprint density at radius 3 is 3.00 bits per heavy atom. The van der Waals surface area contributed by atoms with Crippen molar-refractivity contribution < 1.29 is 24.2 Å². The van der Waals surface area contributed by atoms with Crippen molar-refractivity contribution >= 4 is 11.9 Å². The van der Waals surface area contributed by atoms with Crippen molar-refractivity contribution in [1.29, 1.82) is 0 Å². The Morgan fingerprint density at radius 2 is 2.27 bits per heavy atom. The number of fused-ring (bicyclic) bond motifs is 1. The van der Waals surface area contributed by atoms with Crippen LogP contribution in [0.4, 0.5) is 0 Å². The Labute approximate surface area is 153 Å². The fourth-order valence-corrected chi connectivity index (χ4v) is 7.45. The van der Waals surface area contributed by atoms with Crippen LogP contribution >= 0.6 is 0 Å². The molecule has 3 saturated carbocycles. The minimum atomic E-state index is -0.900. The number of esters is 2. The number of hydrogen-bond acceptors (Lipinski definition) is 5. The lowest BCUT2D eigenvalue weighted by Crippen LogP contribution is -2.47. The summed E-state index contributed by atoms with van der Waals surface area (Å²) in [4.78, 5) is 26.0. The highest BCUT2D eigenvalue weighted by Crippen LogP contribution is 2.77. The molecule has 1 saturated heterocycles. The van der Waals surface area contributed by atoms with Crippen molar-refractivity contribution in [1.82, 2.24) is 0 Å². The molecule has 4 aliphatic carbocycles. The normalized spacial score (nSPS) is 53.3. The molecule has 1 spiro atoms. The van der Waals surface area contributed by atoms with Gasteiger partial charge in [0.15, 0.2) is 0 Å². The standard InChI is InChI=1S/C21H26O5/c1-4-25-16(22)14-15-18(3)7-5-8-21(15,26-17(18)23)13-6-9-20(24)11-19(13,14)10-12(20)2/h5,7,13-15,24H,2,4,6,8-11H2,1,3H3/t13-,14+,15+,18+,19-,20-,21+/m0/s1. The molecule has 0 aromatic rings. The number of carbonyl (C=O) groups is 2. The fraction of sp³-hybridized carbons (Fsp3) is 0.714. The molecule has 7 atom stereocenters. The molecule has 0 amide bonds. The molecule has 5 aliphatic rings. The topological polar surface area (TPSA) is 72.8 Å². The average molecular weight is 358 g/mol. The number of hydrogen-bond donors (Lipinski definition) is 1. The Bertz CT molecular complexity index is 770. The van der Waals surface area contributed by atoms with Crippen LogP contribution < -0.4 is 0 Å². The molecule has 5 rings (SSSR count). The fourth-order valence-electron chi connectivity index (χ4n) is 7.45. The van der Waals surface area contributed by atoms with Gasteiger partial charge in [0.2, 0.25) is 0 Å². The van der Waals surface area contributed by atoms with Crippen LogP contribution in [0.15, 0.2) is 24.3 Å². The van der Waals surface area contributed by atoms with Crippen LogP contribution in [-0.2, 0) is 19.1 Å². The van der Waals surface area contributed by atoms with Crippen LogP contribution in [0.2, 0.25) is 0 Å². The van der Waals surface area contributed by atoms with E-state index in [1.807, 2.05) is 19.1 Å². The first-order valence-corrected chi connectivity index (χ1v) is 9.72. The number of carbonyl (C=O) groups excluding carboxylic acids is 2. The molecule has 140 valence electrons. The molecule has 0 aromatic carbocycles. The molecular formula is C21H26O5. The molecule has 0 radical (unpaired) electrons. The first-order valence-electron chi connectivity index (χ1n) is 9.72. The summed E-state index contributed by atoms with van der Waals surface area (Å²) >= 11 is 0. The van der Waals surface area contributed by atoms with E-state index in [1.54, 1.807) is 6.92 Å². The molecule has 5 heteroatoms. The summed E-state index contributed by atoms with van der Waals surface area (Å²) < 4.78 is 11.6. The summed E-state index contributed by atoms with van der Waals surface area (Å²) in [6.45, 7) is 8.16. The van der Waals surface area contributed by atoms with Crippen molar-refractivity contribution in [2.45, 2.75) is 57.2 Å². The molecule has 1 aliphatic heterocycles. The molecular weight excluding hydrogens is 332 g/mol. The minimum absolute atomic E-state index is 0.0599. The Hall–Kier alpha value is -1.62. The first kappa shape index (κ1) is 16.5. The van der Waals surface area contributed by atoms with Gasteiger partial charge in [-0.3, -0.25) is 9.59 Å². The number of rotatable bonds is 2. The highest BCUT2D eigenvalue weighted by Gasteiger charge is 2.82. The number of aliphatic hydroxyl groups is 1. The molecule has 0 unspecified atom stereocenters. The van der Waals surface area contributed by atoms with Gasteiger partial charge in [-0.05, 0) is 50.5 Å². The quantitative estimate of drug-likeness (QED) is 0.607.